The first-order chi connectivity index (χ1) is 8.33. The van der Waals surface area contributed by atoms with Gasteiger partial charge in [-0.25, -0.2) is 0 Å². The van der Waals surface area contributed by atoms with Crippen LogP contribution in [0.5, 0.6) is 5.75 Å². The number of rotatable bonds is 4. The molecule has 0 bridgehead atoms. The van der Waals surface area contributed by atoms with Gasteiger partial charge in [-0.1, -0.05) is 12.1 Å². The minimum atomic E-state index is 0.0998. The lowest BCUT2D eigenvalue weighted by molar-refractivity contribution is 0.288. The number of nitrogens with two attached hydrogens (primary N) is 1. The molecule has 1 aliphatic heterocycles. The molecule has 3 nitrogen and oxygen atoms in total. The van der Waals surface area contributed by atoms with Crippen molar-refractivity contribution >= 4 is 0 Å². The summed E-state index contributed by atoms with van der Waals surface area (Å²) in [6, 6.07) is 7.21. The molecule has 1 saturated carbocycles. The molecule has 0 saturated heterocycles. The summed E-state index contributed by atoms with van der Waals surface area (Å²) < 4.78 is 5.61. The minimum Gasteiger partial charge on any atom is -0.493 e. The molecule has 1 fully saturated rings. The number of aryl methyl sites for hydroxylation is 1. The van der Waals surface area contributed by atoms with Crippen molar-refractivity contribution in [2.75, 3.05) is 13.2 Å². The van der Waals surface area contributed by atoms with E-state index in [4.69, 9.17) is 10.5 Å². The van der Waals surface area contributed by atoms with Crippen LogP contribution in [-0.2, 0) is 6.42 Å². The van der Waals surface area contributed by atoms with Gasteiger partial charge in [-0.15, -0.1) is 0 Å². The lowest BCUT2D eigenvalue weighted by atomic mass is 9.99. The maximum absolute atomic E-state index is 6.20. The molecule has 1 heterocycles. The van der Waals surface area contributed by atoms with Crippen molar-refractivity contribution in [2.24, 2.45) is 5.73 Å². The molecule has 92 valence electrons. The third-order valence-electron chi connectivity index (χ3n) is 3.56. The fourth-order valence-corrected chi connectivity index (χ4v) is 2.31. The summed E-state index contributed by atoms with van der Waals surface area (Å²) in [7, 11) is 0. The Bertz CT molecular complexity index is 401. The standard InChI is InChI=1S/C14H20N2O/c15-13(9-16-12-4-5-12)10-3-6-14-11(8-10)2-1-7-17-14/h3,6,8,12-13,16H,1-2,4-5,7,9,15H2. The Labute approximate surface area is 102 Å². The van der Waals surface area contributed by atoms with Gasteiger partial charge in [-0.05, 0) is 42.9 Å². The molecule has 1 aromatic rings. The number of ether oxygens (including phenoxy) is 1. The Hall–Kier alpha value is -1.06. The lowest BCUT2D eigenvalue weighted by Crippen LogP contribution is -2.28. The summed E-state index contributed by atoms with van der Waals surface area (Å²) in [5.41, 5.74) is 8.74. The van der Waals surface area contributed by atoms with Crippen molar-refractivity contribution in [1.29, 1.82) is 0 Å². The molecule has 0 amide bonds. The third kappa shape index (κ3) is 2.61. The number of nitrogens with one attached hydrogen (secondary N) is 1. The van der Waals surface area contributed by atoms with Crippen LogP contribution in [-0.4, -0.2) is 19.2 Å². The van der Waals surface area contributed by atoms with Crippen molar-refractivity contribution in [2.45, 2.75) is 37.8 Å². The van der Waals surface area contributed by atoms with Gasteiger partial charge in [0.15, 0.2) is 0 Å². The quantitative estimate of drug-likeness (QED) is 0.831. The van der Waals surface area contributed by atoms with Crippen molar-refractivity contribution in [3.63, 3.8) is 0 Å². The SMILES string of the molecule is NC(CNC1CC1)c1ccc2c(c1)CCCO2. The molecular formula is C14H20N2O. The van der Waals surface area contributed by atoms with Gasteiger partial charge < -0.3 is 15.8 Å². The Balaban J connectivity index is 1.68. The van der Waals surface area contributed by atoms with E-state index in [0.29, 0.717) is 0 Å². The van der Waals surface area contributed by atoms with Crippen LogP contribution >= 0.6 is 0 Å². The largest absolute Gasteiger partial charge is 0.493 e. The van der Waals surface area contributed by atoms with E-state index in [1.54, 1.807) is 0 Å². The van der Waals surface area contributed by atoms with E-state index in [1.165, 1.54) is 24.0 Å². The Morgan fingerprint density at radius 1 is 1.41 bits per heavy atom. The maximum Gasteiger partial charge on any atom is 0.122 e. The summed E-state index contributed by atoms with van der Waals surface area (Å²) >= 11 is 0. The van der Waals surface area contributed by atoms with Gasteiger partial charge in [0.1, 0.15) is 5.75 Å². The van der Waals surface area contributed by atoms with Gasteiger partial charge >= 0.3 is 0 Å². The van der Waals surface area contributed by atoms with E-state index >= 15 is 0 Å². The first-order valence-corrected chi connectivity index (χ1v) is 6.57. The van der Waals surface area contributed by atoms with Crippen LogP contribution in [0.25, 0.3) is 0 Å². The summed E-state index contributed by atoms with van der Waals surface area (Å²) in [6.45, 7) is 1.73. The maximum atomic E-state index is 6.20. The van der Waals surface area contributed by atoms with Gasteiger partial charge in [-0.2, -0.15) is 0 Å². The molecule has 1 atom stereocenters. The molecule has 1 aromatic carbocycles. The van der Waals surface area contributed by atoms with Gasteiger partial charge in [0.25, 0.3) is 0 Å². The molecule has 1 aliphatic carbocycles. The molecule has 0 aromatic heterocycles. The second kappa shape index (κ2) is 4.67. The fourth-order valence-electron chi connectivity index (χ4n) is 2.31. The van der Waals surface area contributed by atoms with Gasteiger partial charge in [0.05, 0.1) is 6.61 Å². The predicted octanol–water partition coefficient (Wildman–Crippen LogP) is 1.76. The molecule has 0 spiro atoms. The summed E-state index contributed by atoms with van der Waals surface area (Å²) in [5.74, 6) is 1.04. The first kappa shape index (κ1) is 11.1. The zero-order valence-electron chi connectivity index (χ0n) is 10.1. The van der Waals surface area contributed by atoms with E-state index in [0.717, 1.165) is 37.8 Å². The Kier molecular flexibility index (Phi) is 3.04. The molecular weight excluding hydrogens is 212 g/mol. The van der Waals surface area contributed by atoms with Crippen molar-refractivity contribution < 1.29 is 4.74 Å². The van der Waals surface area contributed by atoms with Crippen LogP contribution in [0.3, 0.4) is 0 Å². The van der Waals surface area contributed by atoms with Crippen LogP contribution < -0.4 is 15.8 Å². The highest BCUT2D eigenvalue weighted by Gasteiger charge is 2.21. The fraction of sp³-hybridized carbons (Fsp3) is 0.571. The molecule has 3 heteroatoms. The average Bonchev–Trinajstić information content (AvgIpc) is 3.19. The Morgan fingerprint density at radius 2 is 2.29 bits per heavy atom. The topological polar surface area (TPSA) is 47.3 Å². The zero-order chi connectivity index (χ0) is 11.7. The highest BCUT2D eigenvalue weighted by atomic mass is 16.5. The number of benzene rings is 1. The number of hydrogen-bond donors (Lipinski definition) is 2. The third-order valence-corrected chi connectivity index (χ3v) is 3.56. The second-order valence-electron chi connectivity index (χ2n) is 5.11. The zero-order valence-corrected chi connectivity index (χ0v) is 10.1. The number of hydrogen-bond acceptors (Lipinski definition) is 3. The molecule has 1 unspecified atom stereocenters. The van der Waals surface area contributed by atoms with E-state index in [-0.39, 0.29) is 6.04 Å². The lowest BCUT2D eigenvalue weighted by Gasteiger charge is -2.20. The molecule has 3 rings (SSSR count). The van der Waals surface area contributed by atoms with Gasteiger partial charge in [0, 0.05) is 18.6 Å². The second-order valence-corrected chi connectivity index (χ2v) is 5.11. The van der Waals surface area contributed by atoms with Crippen molar-refractivity contribution in [3.05, 3.63) is 29.3 Å². The van der Waals surface area contributed by atoms with Crippen molar-refractivity contribution in [1.82, 2.24) is 5.32 Å². The molecule has 2 aliphatic rings. The van der Waals surface area contributed by atoms with Crippen LogP contribution in [0.4, 0.5) is 0 Å². The highest BCUT2D eigenvalue weighted by molar-refractivity contribution is 5.39. The van der Waals surface area contributed by atoms with E-state index in [2.05, 4.69) is 23.5 Å². The van der Waals surface area contributed by atoms with Crippen LogP contribution in [0.15, 0.2) is 18.2 Å². The predicted molar refractivity (Wildman–Crippen MR) is 68.2 cm³/mol. The van der Waals surface area contributed by atoms with Crippen LogP contribution in [0, 0.1) is 0 Å². The summed E-state index contributed by atoms with van der Waals surface area (Å²) in [6.07, 6.45) is 4.85. The van der Waals surface area contributed by atoms with Gasteiger partial charge in [0.2, 0.25) is 0 Å². The van der Waals surface area contributed by atoms with Crippen LogP contribution in [0.2, 0.25) is 0 Å². The highest BCUT2D eigenvalue weighted by Crippen LogP contribution is 2.27. The molecule has 17 heavy (non-hydrogen) atoms. The normalized spacial score (nSPS) is 20.5. The summed E-state index contributed by atoms with van der Waals surface area (Å²) in [4.78, 5) is 0. The summed E-state index contributed by atoms with van der Waals surface area (Å²) in [5, 5.41) is 3.48. The molecule has 0 radical (unpaired) electrons. The first-order valence-electron chi connectivity index (χ1n) is 6.57. The van der Waals surface area contributed by atoms with E-state index in [9.17, 15) is 0 Å². The monoisotopic (exact) mass is 232 g/mol. The number of fused-ring (bicyclic) bond motifs is 1. The van der Waals surface area contributed by atoms with E-state index < -0.39 is 0 Å². The Morgan fingerprint density at radius 3 is 3.12 bits per heavy atom. The molecule has 3 N–H and O–H groups in total. The minimum absolute atomic E-state index is 0.0998. The van der Waals surface area contributed by atoms with Crippen LogP contribution in [0.1, 0.15) is 36.4 Å². The van der Waals surface area contributed by atoms with Crippen molar-refractivity contribution in [3.8, 4) is 5.75 Å². The average molecular weight is 232 g/mol. The smallest absolute Gasteiger partial charge is 0.122 e. The van der Waals surface area contributed by atoms with Gasteiger partial charge in [-0.3, -0.25) is 0 Å². The van der Waals surface area contributed by atoms with E-state index in [1.807, 2.05) is 0 Å².